The van der Waals surface area contributed by atoms with Gasteiger partial charge in [-0.1, -0.05) is 11.6 Å². The van der Waals surface area contributed by atoms with Crippen LogP contribution in [0.25, 0.3) is 10.9 Å². The summed E-state index contributed by atoms with van der Waals surface area (Å²) in [5.74, 6) is -0.0227. The Balaban J connectivity index is 1.50. The van der Waals surface area contributed by atoms with Crippen molar-refractivity contribution in [2.45, 2.75) is 32.7 Å². The van der Waals surface area contributed by atoms with E-state index in [0.29, 0.717) is 6.54 Å². The summed E-state index contributed by atoms with van der Waals surface area (Å²) in [6.07, 6.45) is 5.30. The lowest BCUT2D eigenvalue weighted by molar-refractivity contribution is -0.116. The number of thiazole rings is 1. The summed E-state index contributed by atoms with van der Waals surface area (Å²) in [6.45, 7) is 2.39. The van der Waals surface area contributed by atoms with Crippen LogP contribution in [-0.2, 0) is 24.2 Å². The lowest BCUT2D eigenvalue weighted by Gasteiger charge is -2.05. The molecule has 0 bridgehead atoms. The van der Waals surface area contributed by atoms with Crippen LogP contribution >= 0.6 is 11.3 Å². The van der Waals surface area contributed by atoms with Crippen molar-refractivity contribution in [1.82, 2.24) is 9.55 Å². The number of nitrogens with one attached hydrogen (secondary N) is 1. The molecule has 1 aliphatic carbocycles. The highest BCUT2D eigenvalue weighted by Crippen LogP contribution is 2.30. The van der Waals surface area contributed by atoms with E-state index in [1.807, 2.05) is 16.8 Å². The van der Waals surface area contributed by atoms with Crippen LogP contribution in [-0.4, -0.2) is 15.5 Å². The summed E-state index contributed by atoms with van der Waals surface area (Å²) in [4.78, 5) is 18.1. The van der Waals surface area contributed by atoms with Crippen LogP contribution in [0.4, 0.5) is 5.13 Å². The van der Waals surface area contributed by atoms with E-state index in [-0.39, 0.29) is 5.91 Å². The Labute approximate surface area is 132 Å². The molecule has 0 fully saturated rings. The predicted molar refractivity (Wildman–Crippen MR) is 89.4 cm³/mol. The van der Waals surface area contributed by atoms with Crippen molar-refractivity contribution in [3.63, 3.8) is 0 Å². The third kappa shape index (κ3) is 2.41. The maximum atomic E-state index is 12.3. The molecule has 4 rings (SSSR count). The minimum absolute atomic E-state index is 0.0227. The molecule has 1 N–H and O–H groups in total. The minimum atomic E-state index is -0.0227. The zero-order valence-corrected chi connectivity index (χ0v) is 13.2. The molecule has 5 heteroatoms. The van der Waals surface area contributed by atoms with Crippen molar-refractivity contribution in [3.8, 4) is 0 Å². The number of hydrogen-bond donors (Lipinski definition) is 1. The summed E-state index contributed by atoms with van der Waals surface area (Å²) < 4.78 is 1.98. The number of aromatic nitrogens is 2. The highest BCUT2D eigenvalue weighted by atomic mass is 32.1. The van der Waals surface area contributed by atoms with Crippen molar-refractivity contribution in [2.75, 3.05) is 5.32 Å². The number of carbonyl (C=O) groups excluding carboxylic acids is 1. The Morgan fingerprint density at radius 1 is 1.36 bits per heavy atom. The Bertz CT molecular complexity index is 841. The van der Waals surface area contributed by atoms with Crippen molar-refractivity contribution in [3.05, 3.63) is 46.6 Å². The first-order chi connectivity index (χ1) is 10.7. The van der Waals surface area contributed by atoms with Crippen molar-refractivity contribution in [1.29, 1.82) is 0 Å². The largest absolute Gasteiger partial charge is 0.338 e. The summed E-state index contributed by atoms with van der Waals surface area (Å²) in [5, 5.41) is 4.84. The van der Waals surface area contributed by atoms with Gasteiger partial charge in [0.2, 0.25) is 5.91 Å². The van der Waals surface area contributed by atoms with Gasteiger partial charge in [-0.15, -0.1) is 11.3 Å². The third-order valence-electron chi connectivity index (χ3n) is 4.08. The summed E-state index contributed by atoms with van der Waals surface area (Å²) in [5.41, 5.74) is 3.48. The van der Waals surface area contributed by atoms with Crippen LogP contribution in [0.2, 0.25) is 0 Å². The second-order valence-corrected chi connectivity index (χ2v) is 6.88. The SMILES string of the molecule is Cc1ccc2c(ccn2CC(=O)Nc2nc3c(s2)CCC3)c1. The fourth-order valence-electron chi connectivity index (χ4n) is 3.01. The number of benzene rings is 1. The molecule has 4 nitrogen and oxygen atoms in total. The molecule has 2 heterocycles. The lowest BCUT2D eigenvalue weighted by Crippen LogP contribution is -2.18. The van der Waals surface area contributed by atoms with Crippen LogP contribution in [0.5, 0.6) is 0 Å². The molecule has 1 aromatic carbocycles. The molecule has 112 valence electrons. The van der Waals surface area contributed by atoms with Crippen LogP contribution in [0.1, 0.15) is 22.6 Å². The number of carbonyl (C=O) groups is 1. The van der Waals surface area contributed by atoms with Gasteiger partial charge in [0, 0.05) is 16.6 Å². The molecular weight excluding hydrogens is 294 g/mol. The number of aryl methyl sites for hydroxylation is 3. The molecule has 1 aliphatic rings. The van der Waals surface area contributed by atoms with E-state index in [0.717, 1.165) is 23.5 Å². The average Bonchev–Trinajstić information content (AvgIpc) is 3.13. The Morgan fingerprint density at radius 2 is 2.27 bits per heavy atom. The minimum Gasteiger partial charge on any atom is -0.338 e. The normalized spacial score (nSPS) is 13.5. The molecule has 0 aliphatic heterocycles. The molecule has 0 unspecified atom stereocenters. The number of hydrogen-bond acceptors (Lipinski definition) is 3. The van der Waals surface area contributed by atoms with E-state index in [1.165, 1.54) is 27.9 Å². The highest BCUT2D eigenvalue weighted by Gasteiger charge is 2.17. The van der Waals surface area contributed by atoms with Crippen LogP contribution in [0, 0.1) is 6.92 Å². The van der Waals surface area contributed by atoms with E-state index in [2.05, 4.69) is 35.4 Å². The Hall–Kier alpha value is -2.14. The molecule has 0 saturated heterocycles. The van der Waals surface area contributed by atoms with Gasteiger partial charge in [0.25, 0.3) is 0 Å². The quantitative estimate of drug-likeness (QED) is 0.804. The lowest BCUT2D eigenvalue weighted by atomic mass is 10.2. The second kappa shape index (κ2) is 5.25. The molecule has 0 radical (unpaired) electrons. The summed E-state index contributed by atoms with van der Waals surface area (Å²) in [6, 6.07) is 8.32. The van der Waals surface area contributed by atoms with E-state index in [4.69, 9.17) is 0 Å². The van der Waals surface area contributed by atoms with E-state index < -0.39 is 0 Å². The Kier molecular flexibility index (Phi) is 3.22. The van der Waals surface area contributed by atoms with Gasteiger partial charge in [-0.05, 0) is 49.8 Å². The number of amides is 1. The van der Waals surface area contributed by atoms with Gasteiger partial charge >= 0.3 is 0 Å². The van der Waals surface area contributed by atoms with E-state index in [9.17, 15) is 4.79 Å². The van der Waals surface area contributed by atoms with E-state index >= 15 is 0 Å². The van der Waals surface area contributed by atoms with Gasteiger partial charge in [0.15, 0.2) is 5.13 Å². The topological polar surface area (TPSA) is 46.9 Å². The van der Waals surface area contributed by atoms with Crippen molar-refractivity contribution < 1.29 is 4.79 Å². The van der Waals surface area contributed by atoms with E-state index in [1.54, 1.807) is 11.3 Å². The number of rotatable bonds is 3. The molecular formula is C17H17N3OS. The van der Waals surface area contributed by atoms with Gasteiger partial charge < -0.3 is 9.88 Å². The number of anilines is 1. The van der Waals surface area contributed by atoms with Crippen LogP contribution in [0.3, 0.4) is 0 Å². The van der Waals surface area contributed by atoms with Gasteiger partial charge in [-0.25, -0.2) is 4.98 Å². The average molecular weight is 311 g/mol. The number of fused-ring (bicyclic) bond motifs is 2. The standard InChI is InChI=1S/C17H17N3OS/c1-11-5-6-14-12(9-11)7-8-20(14)10-16(21)19-17-18-13-3-2-4-15(13)22-17/h5-9H,2-4,10H2,1H3,(H,18,19,21). The second-order valence-electron chi connectivity index (χ2n) is 5.80. The van der Waals surface area contributed by atoms with Gasteiger partial charge in [-0.3, -0.25) is 4.79 Å². The van der Waals surface area contributed by atoms with Crippen molar-refractivity contribution in [2.24, 2.45) is 0 Å². The third-order valence-corrected chi connectivity index (χ3v) is 5.16. The number of nitrogens with zero attached hydrogens (tertiary/aromatic N) is 2. The monoisotopic (exact) mass is 311 g/mol. The van der Waals surface area contributed by atoms with Crippen LogP contribution in [0.15, 0.2) is 30.5 Å². The first-order valence-electron chi connectivity index (χ1n) is 7.53. The highest BCUT2D eigenvalue weighted by molar-refractivity contribution is 7.15. The summed E-state index contributed by atoms with van der Waals surface area (Å²) in [7, 11) is 0. The van der Waals surface area contributed by atoms with Crippen LogP contribution < -0.4 is 5.32 Å². The zero-order valence-electron chi connectivity index (χ0n) is 12.4. The molecule has 1 amide bonds. The first-order valence-corrected chi connectivity index (χ1v) is 8.34. The molecule has 3 aromatic rings. The maximum Gasteiger partial charge on any atom is 0.246 e. The Morgan fingerprint density at radius 3 is 3.14 bits per heavy atom. The fourth-order valence-corrected chi connectivity index (χ4v) is 4.08. The van der Waals surface area contributed by atoms with Gasteiger partial charge in [-0.2, -0.15) is 0 Å². The molecule has 0 atom stereocenters. The fraction of sp³-hybridized carbons (Fsp3) is 0.294. The zero-order chi connectivity index (χ0) is 15.1. The first kappa shape index (κ1) is 13.5. The molecule has 0 saturated carbocycles. The predicted octanol–water partition coefficient (Wildman–Crippen LogP) is 3.53. The van der Waals surface area contributed by atoms with Crippen molar-refractivity contribution >= 4 is 33.3 Å². The maximum absolute atomic E-state index is 12.3. The van der Waals surface area contributed by atoms with Gasteiger partial charge in [0.05, 0.1) is 5.69 Å². The van der Waals surface area contributed by atoms with Gasteiger partial charge in [0.1, 0.15) is 6.54 Å². The molecule has 2 aromatic heterocycles. The molecule has 22 heavy (non-hydrogen) atoms. The molecule has 0 spiro atoms. The smallest absolute Gasteiger partial charge is 0.246 e. The summed E-state index contributed by atoms with van der Waals surface area (Å²) >= 11 is 1.62.